The Bertz CT molecular complexity index is 1840. The van der Waals surface area contributed by atoms with E-state index in [1.807, 2.05) is 0 Å². The Kier molecular flexibility index (Phi) is 9.42. The number of ether oxygens (including phenoxy) is 4. The van der Waals surface area contributed by atoms with Crippen molar-refractivity contribution in [1.82, 2.24) is 9.80 Å². The van der Waals surface area contributed by atoms with Crippen LogP contribution in [0.4, 0.5) is 5.69 Å². The van der Waals surface area contributed by atoms with Crippen molar-refractivity contribution in [2.45, 2.75) is 29.0 Å². The third kappa shape index (κ3) is 5.64. The van der Waals surface area contributed by atoms with Crippen molar-refractivity contribution in [3.05, 3.63) is 76.8 Å². The largest absolute Gasteiger partial charge is 0.497 e. The zero-order chi connectivity index (χ0) is 34.3. The molecule has 0 radical (unpaired) electrons. The summed E-state index contributed by atoms with van der Waals surface area (Å²) in [5.74, 6) is -2.05. The zero-order valence-corrected chi connectivity index (χ0v) is 27.9. The van der Waals surface area contributed by atoms with E-state index in [4.69, 9.17) is 30.5 Å². The van der Waals surface area contributed by atoms with Gasteiger partial charge in [0.2, 0.25) is 5.91 Å². The lowest BCUT2D eigenvalue weighted by molar-refractivity contribution is -0.144. The topological polar surface area (TPSA) is 152 Å². The van der Waals surface area contributed by atoms with E-state index in [2.05, 4.69) is 0 Å². The first-order chi connectivity index (χ1) is 22.3. The van der Waals surface area contributed by atoms with Gasteiger partial charge in [-0.2, -0.15) is 0 Å². The van der Waals surface area contributed by atoms with E-state index in [0.717, 1.165) is 0 Å². The predicted molar refractivity (Wildman–Crippen MR) is 171 cm³/mol. The van der Waals surface area contributed by atoms with E-state index < -0.39 is 52.1 Å². The van der Waals surface area contributed by atoms with Gasteiger partial charge >= 0.3 is 5.97 Å². The summed E-state index contributed by atoms with van der Waals surface area (Å²) in [6.07, 6.45) is -0.793. The number of rotatable bonds is 11. The molecule has 1 saturated heterocycles. The molecule has 1 N–H and O–H groups in total. The molecule has 2 aliphatic heterocycles. The average Bonchev–Trinajstić information content (AvgIpc) is 3.59. The molecule has 15 heteroatoms. The highest BCUT2D eigenvalue weighted by molar-refractivity contribution is 7.93. The number of fused-ring (bicyclic) bond motifs is 1. The number of likely N-dealkylation sites (N-methyl/N-ethyl adjacent to an activating group) is 1. The highest BCUT2D eigenvalue weighted by Crippen LogP contribution is 2.55. The molecule has 13 nitrogen and oxygen atoms in total. The van der Waals surface area contributed by atoms with Gasteiger partial charge in [-0.25, -0.2) is 17.5 Å². The number of carbonyl (C=O) groups excluding carboxylic acids is 2. The molecule has 2 aliphatic rings. The van der Waals surface area contributed by atoms with Crippen LogP contribution in [-0.4, -0.2) is 102 Å². The molecule has 0 spiro atoms. The summed E-state index contributed by atoms with van der Waals surface area (Å²) in [7, 11) is 2.52. The van der Waals surface area contributed by atoms with Gasteiger partial charge in [-0.05, 0) is 42.8 Å². The average molecular weight is 688 g/mol. The number of carbonyl (C=O) groups is 3. The van der Waals surface area contributed by atoms with Gasteiger partial charge in [0.25, 0.3) is 15.9 Å². The summed E-state index contributed by atoms with van der Waals surface area (Å²) in [4.78, 5) is 43.3. The van der Waals surface area contributed by atoms with Crippen molar-refractivity contribution in [2.75, 3.05) is 52.9 Å². The number of benzene rings is 3. The number of halogens is 1. The highest BCUT2D eigenvalue weighted by atomic mass is 35.5. The first-order valence-corrected chi connectivity index (χ1v) is 16.2. The minimum absolute atomic E-state index is 0.00543. The monoisotopic (exact) mass is 687 g/mol. The summed E-state index contributed by atoms with van der Waals surface area (Å²) < 4.78 is 52.1. The lowest BCUT2D eigenvalue weighted by atomic mass is 9.80. The molecule has 0 unspecified atom stereocenters. The van der Waals surface area contributed by atoms with Crippen molar-refractivity contribution in [2.24, 2.45) is 0 Å². The van der Waals surface area contributed by atoms with Crippen LogP contribution >= 0.6 is 11.6 Å². The maximum atomic E-state index is 15.4. The van der Waals surface area contributed by atoms with E-state index in [1.165, 1.54) is 62.6 Å². The van der Waals surface area contributed by atoms with Crippen LogP contribution in [0.5, 0.6) is 17.2 Å². The summed E-state index contributed by atoms with van der Waals surface area (Å²) in [6, 6.07) is 14.0. The van der Waals surface area contributed by atoms with Crippen molar-refractivity contribution in [3.8, 4) is 17.2 Å². The molecule has 3 atom stereocenters. The first kappa shape index (κ1) is 34.0. The molecule has 1 fully saturated rings. The second kappa shape index (κ2) is 13.0. The summed E-state index contributed by atoms with van der Waals surface area (Å²) >= 11 is 6.56. The number of nitrogens with zero attached hydrogens (tertiary/aromatic N) is 3. The third-order valence-electron chi connectivity index (χ3n) is 8.31. The molecule has 47 heavy (non-hydrogen) atoms. The van der Waals surface area contributed by atoms with E-state index in [1.54, 1.807) is 43.3 Å². The SMILES string of the molecule is COc1ccc(S(=O)(=O)N2C(=O)[C@@](c3ccccc3OC)(N3C[C@H](OCC(=O)O)C[C@H]3C(=O)N(C)C)c3cc(Cl)ccc32)c(OC)c1. The molecule has 0 aliphatic carbocycles. The number of aliphatic carboxylic acids is 1. The molecule has 2 heterocycles. The van der Waals surface area contributed by atoms with Gasteiger partial charge in [-0.1, -0.05) is 29.8 Å². The molecule has 0 aromatic heterocycles. The van der Waals surface area contributed by atoms with Gasteiger partial charge in [-0.3, -0.25) is 14.5 Å². The predicted octanol–water partition coefficient (Wildman–Crippen LogP) is 2.98. The number of carboxylic acids is 1. The van der Waals surface area contributed by atoms with Crippen LogP contribution in [0, 0.1) is 0 Å². The Morgan fingerprint density at radius 1 is 0.979 bits per heavy atom. The van der Waals surface area contributed by atoms with Crippen molar-refractivity contribution < 1.29 is 46.9 Å². The third-order valence-corrected chi connectivity index (χ3v) is 10.3. The number of anilines is 1. The number of amides is 2. The minimum atomic E-state index is -4.71. The molecule has 3 aromatic rings. The van der Waals surface area contributed by atoms with Gasteiger partial charge in [0.05, 0.1) is 39.2 Å². The number of likely N-dealkylation sites (tertiary alicyclic amines) is 1. The number of carboxylic acid groups (broad SMARTS) is 1. The second-order valence-electron chi connectivity index (χ2n) is 11.1. The molecular formula is C32H34ClN3O10S. The van der Waals surface area contributed by atoms with E-state index in [0.29, 0.717) is 10.1 Å². The Morgan fingerprint density at radius 2 is 1.68 bits per heavy atom. The first-order valence-electron chi connectivity index (χ1n) is 14.4. The van der Waals surface area contributed by atoms with Gasteiger partial charge in [0, 0.05) is 42.9 Å². The number of hydrogen-bond donors (Lipinski definition) is 1. The maximum absolute atomic E-state index is 15.4. The summed E-state index contributed by atoms with van der Waals surface area (Å²) in [5, 5.41) is 9.53. The molecule has 3 aromatic carbocycles. The second-order valence-corrected chi connectivity index (χ2v) is 13.3. The quantitative estimate of drug-likeness (QED) is 0.317. The number of para-hydroxylation sites is 1. The molecular weight excluding hydrogens is 654 g/mol. The number of hydrogen-bond acceptors (Lipinski definition) is 10. The van der Waals surface area contributed by atoms with Crippen LogP contribution in [0.2, 0.25) is 5.02 Å². The van der Waals surface area contributed by atoms with Gasteiger partial charge in [0.15, 0.2) is 5.54 Å². The van der Waals surface area contributed by atoms with Crippen molar-refractivity contribution >= 4 is 45.1 Å². The van der Waals surface area contributed by atoms with Crippen molar-refractivity contribution in [3.63, 3.8) is 0 Å². The van der Waals surface area contributed by atoms with Crippen LogP contribution in [0.1, 0.15) is 17.5 Å². The maximum Gasteiger partial charge on any atom is 0.329 e. The van der Waals surface area contributed by atoms with Crippen LogP contribution in [0.15, 0.2) is 65.6 Å². The highest BCUT2D eigenvalue weighted by Gasteiger charge is 2.64. The summed E-state index contributed by atoms with van der Waals surface area (Å²) in [5.41, 5.74) is -1.61. The van der Waals surface area contributed by atoms with E-state index in [-0.39, 0.29) is 51.2 Å². The van der Waals surface area contributed by atoms with Gasteiger partial charge in [-0.15, -0.1) is 0 Å². The molecule has 2 amide bonds. The smallest absolute Gasteiger partial charge is 0.329 e. The van der Waals surface area contributed by atoms with E-state index >= 15 is 4.79 Å². The molecule has 0 saturated carbocycles. The molecule has 5 rings (SSSR count). The Morgan fingerprint density at radius 3 is 2.32 bits per heavy atom. The molecule has 0 bridgehead atoms. The van der Waals surface area contributed by atoms with Crippen LogP contribution in [0.3, 0.4) is 0 Å². The van der Waals surface area contributed by atoms with Gasteiger partial charge < -0.3 is 29.0 Å². The normalized spacial score (nSPS) is 21.0. The fraction of sp³-hybridized carbons (Fsp3) is 0.344. The van der Waals surface area contributed by atoms with Crippen LogP contribution in [0.25, 0.3) is 0 Å². The lowest BCUT2D eigenvalue weighted by Crippen LogP contribution is -2.59. The number of sulfonamides is 1. The number of methoxy groups -OCH3 is 3. The zero-order valence-electron chi connectivity index (χ0n) is 26.3. The Hall–Kier alpha value is -4.37. The fourth-order valence-electron chi connectivity index (χ4n) is 6.32. The molecule has 250 valence electrons. The van der Waals surface area contributed by atoms with Crippen LogP contribution < -0.4 is 18.5 Å². The van der Waals surface area contributed by atoms with Crippen LogP contribution in [-0.2, 0) is 34.7 Å². The standard InChI is InChI=1S/C32H34ClN3O10S/c1-34(2)30(39)25-15-21(46-18-29(37)38)17-35(25)32(22-8-6-7-9-26(22)44-4)23-14-19(33)10-12-24(23)36(31(32)40)47(41,42)28-13-11-20(43-3)16-27(28)45-5/h6-14,16,21,25H,15,17-18H2,1-5H3,(H,37,38)/t21-,25+,32+/m1/s1. The Balaban J connectivity index is 1.84. The summed E-state index contributed by atoms with van der Waals surface area (Å²) in [6.45, 7) is -0.760. The fourth-order valence-corrected chi connectivity index (χ4v) is 8.09. The van der Waals surface area contributed by atoms with E-state index in [9.17, 15) is 23.1 Å². The van der Waals surface area contributed by atoms with Crippen molar-refractivity contribution in [1.29, 1.82) is 0 Å². The van der Waals surface area contributed by atoms with Gasteiger partial charge in [0.1, 0.15) is 28.8 Å². The Labute approximate surface area is 277 Å². The lowest BCUT2D eigenvalue weighted by Gasteiger charge is -2.42. The minimum Gasteiger partial charge on any atom is -0.497 e.